The average Bonchev–Trinajstić information content (AvgIpc) is 2.72. The zero-order valence-corrected chi connectivity index (χ0v) is 13.0. The predicted octanol–water partition coefficient (Wildman–Crippen LogP) is 4.89. The second-order valence-corrected chi connectivity index (χ2v) is 6.38. The maximum Gasteiger partial charge on any atom is 0.435 e. The molecule has 2 rings (SSSR count). The predicted molar refractivity (Wildman–Crippen MR) is 75.1 cm³/mol. The third-order valence-electron chi connectivity index (χ3n) is 2.76. The standard InChI is InChI=1S/C13H12Cl2F3N3/c1-12(2,3)10-5-9(13(16,17)18)20-21(10)11-8(15)4-7(14)6-19-11/h4-6H,1-3H3. The smallest absolute Gasteiger partial charge is 0.234 e. The van der Waals surface area contributed by atoms with Crippen molar-refractivity contribution in [1.82, 2.24) is 14.8 Å². The van der Waals surface area contributed by atoms with E-state index in [1.54, 1.807) is 20.8 Å². The highest BCUT2D eigenvalue weighted by Gasteiger charge is 2.37. The van der Waals surface area contributed by atoms with E-state index in [0.717, 1.165) is 10.7 Å². The summed E-state index contributed by atoms with van der Waals surface area (Å²) in [5.41, 5.74) is -1.20. The molecule has 0 saturated carbocycles. The van der Waals surface area contributed by atoms with Crippen molar-refractivity contribution in [2.24, 2.45) is 0 Å². The van der Waals surface area contributed by atoms with E-state index in [4.69, 9.17) is 23.2 Å². The van der Waals surface area contributed by atoms with Crippen LogP contribution in [0.3, 0.4) is 0 Å². The van der Waals surface area contributed by atoms with Crippen LogP contribution >= 0.6 is 23.2 Å². The van der Waals surface area contributed by atoms with Crippen molar-refractivity contribution in [3.8, 4) is 5.82 Å². The molecule has 0 fully saturated rings. The van der Waals surface area contributed by atoms with Crippen molar-refractivity contribution in [2.75, 3.05) is 0 Å². The molecule has 0 atom stereocenters. The number of halogens is 5. The first-order valence-corrected chi connectivity index (χ1v) is 6.75. The van der Waals surface area contributed by atoms with Crippen LogP contribution in [0.1, 0.15) is 32.2 Å². The van der Waals surface area contributed by atoms with E-state index in [9.17, 15) is 13.2 Å². The van der Waals surface area contributed by atoms with Crippen molar-refractivity contribution < 1.29 is 13.2 Å². The van der Waals surface area contributed by atoms with E-state index in [2.05, 4.69) is 10.1 Å². The van der Waals surface area contributed by atoms with Gasteiger partial charge < -0.3 is 0 Å². The van der Waals surface area contributed by atoms with Crippen molar-refractivity contribution in [3.05, 3.63) is 39.8 Å². The summed E-state index contributed by atoms with van der Waals surface area (Å²) in [4.78, 5) is 3.99. The molecule has 0 amide bonds. The summed E-state index contributed by atoms with van der Waals surface area (Å²) in [7, 11) is 0. The zero-order valence-electron chi connectivity index (χ0n) is 11.5. The molecule has 2 aromatic heterocycles. The molecule has 0 radical (unpaired) electrons. The monoisotopic (exact) mass is 337 g/mol. The van der Waals surface area contributed by atoms with Crippen LogP contribution in [-0.2, 0) is 11.6 Å². The van der Waals surface area contributed by atoms with E-state index >= 15 is 0 Å². The lowest BCUT2D eigenvalue weighted by Gasteiger charge is -2.20. The van der Waals surface area contributed by atoms with Crippen molar-refractivity contribution in [3.63, 3.8) is 0 Å². The Morgan fingerprint density at radius 3 is 2.19 bits per heavy atom. The van der Waals surface area contributed by atoms with Gasteiger partial charge in [0.1, 0.15) is 0 Å². The molecule has 0 aliphatic carbocycles. The minimum absolute atomic E-state index is 0.112. The fraction of sp³-hybridized carbons (Fsp3) is 0.385. The topological polar surface area (TPSA) is 30.7 Å². The minimum atomic E-state index is -4.54. The third-order valence-corrected chi connectivity index (χ3v) is 3.24. The van der Waals surface area contributed by atoms with Crippen LogP contribution in [0, 0.1) is 0 Å². The lowest BCUT2D eigenvalue weighted by atomic mass is 9.92. The molecule has 0 saturated heterocycles. The molecule has 21 heavy (non-hydrogen) atoms. The molecule has 0 bridgehead atoms. The molecule has 0 unspecified atom stereocenters. The lowest BCUT2D eigenvalue weighted by molar-refractivity contribution is -0.141. The van der Waals surface area contributed by atoms with Crippen molar-refractivity contribution >= 4 is 23.2 Å². The second-order valence-electron chi connectivity index (χ2n) is 5.53. The van der Waals surface area contributed by atoms with Crippen molar-refractivity contribution in [1.29, 1.82) is 0 Å². The largest absolute Gasteiger partial charge is 0.435 e. The fourth-order valence-corrected chi connectivity index (χ4v) is 2.24. The van der Waals surface area contributed by atoms with Gasteiger partial charge in [-0.1, -0.05) is 44.0 Å². The third kappa shape index (κ3) is 3.32. The molecule has 0 spiro atoms. The Morgan fingerprint density at radius 2 is 1.71 bits per heavy atom. The van der Waals surface area contributed by atoms with Gasteiger partial charge in [0.05, 0.1) is 15.7 Å². The Labute approximate surface area is 129 Å². The highest BCUT2D eigenvalue weighted by atomic mass is 35.5. The van der Waals surface area contributed by atoms with E-state index in [1.807, 2.05) is 0 Å². The summed E-state index contributed by atoms with van der Waals surface area (Å²) in [6.45, 7) is 5.35. The molecule has 8 heteroatoms. The first-order valence-electron chi connectivity index (χ1n) is 5.99. The SMILES string of the molecule is CC(C)(C)c1cc(C(F)(F)F)nn1-c1ncc(Cl)cc1Cl. The molecule has 0 aromatic carbocycles. The molecule has 2 aromatic rings. The van der Waals surface area contributed by atoms with Gasteiger partial charge in [0, 0.05) is 11.6 Å². The highest BCUT2D eigenvalue weighted by molar-refractivity contribution is 6.35. The summed E-state index contributed by atoms with van der Waals surface area (Å²) in [5, 5.41) is 4.04. The molecule has 3 nitrogen and oxygen atoms in total. The summed E-state index contributed by atoms with van der Waals surface area (Å²) >= 11 is 11.8. The summed E-state index contributed by atoms with van der Waals surface area (Å²) in [6.07, 6.45) is -3.23. The van der Waals surface area contributed by atoms with E-state index in [1.165, 1.54) is 12.3 Å². The number of hydrogen-bond donors (Lipinski definition) is 0. The molecular weight excluding hydrogens is 326 g/mol. The number of alkyl halides is 3. The second kappa shape index (κ2) is 5.18. The van der Waals surface area contributed by atoms with Crippen LogP contribution in [0.5, 0.6) is 0 Å². The van der Waals surface area contributed by atoms with E-state index in [-0.39, 0.29) is 10.8 Å². The van der Waals surface area contributed by atoms with Crippen LogP contribution < -0.4 is 0 Å². The van der Waals surface area contributed by atoms with E-state index < -0.39 is 17.3 Å². The van der Waals surface area contributed by atoms with Crippen LogP contribution in [0.15, 0.2) is 18.3 Å². The molecule has 2 heterocycles. The number of nitrogens with zero attached hydrogens (tertiary/aromatic N) is 3. The van der Waals surface area contributed by atoms with Gasteiger partial charge in [0.25, 0.3) is 0 Å². The molecule has 0 N–H and O–H groups in total. The molecule has 0 aliphatic rings. The Morgan fingerprint density at radius 1 is 1.10 bits per heavy atom. The van der Waals surface area contributed by atoms with Gasteiger partial charge in [-0.05, 0) is 12.1 Å². The maximum absolute atomic E-state index is 12.9. The van der Waals surface area contributed by atoms with E-state index in [0.29, 0.717) is 10.7 Å². The Kier molecular flexibility index (Phi) is 3.97. The number of aromatic nitrogens is 3. The average molecular weight is 338 g/mol. The maximum atomic E-state index is 12.9. The zero-order chi connectivity index (χ0) is 16.0. The molecule has 0 aliphatic heterocycles. The van der Waals surface area contributed by atoms with Crippen LogP contribution in [0.4, 0.5) is 13.2 Å². The summed E-state index contributed by atoms with van der Waals surface area (Å²) in [6, 6.07) is 2.42. The normalized spacial score (nSPS) is 12.8. The highest BCUT2D eigenvalue weighted by Crippen LogP contribution is 2.34. The minimum Gasteiger partial charge on any atom is -0.234 e. The first-order chi connectivity index (χ1) is 9.50. The van der Waals surface area contributed by atoms with Crippen molar-refractivity contribution in [2.45, 2.75) is 32.4 Å². The van der Waals surface area contributed by atoms with Gasteiger partial charge in [-0.3, -0.25) is 0 Å². The lowest BCUT2D eigenvalue weighted by Crippen LogP contribution is -2.18. The van der Waals surface area contributed by atoms with Gasteiger partial charge in [0.2, 0.25) is 0 Å². The number of pyridine rings is 1. The van der Waals surface area contributed by atoms with Crippen LogP contribution in [0.2, 0.25) is 10.0 Å². The first kappa shape index (κ1) is 16.1. The van der Waals surface area contributed by atoms with Gasteiger partial charge in [0.15, 0.2) is 11.5 Å². The van der Waals surface area contributed by atoms with Gasteiger partial charge in [-0.25, -0.2) is 9.67 Å². The van der Waals surface area contributed by atoms with Crippen LogP contribution in [0.25, 0.3) is 5.82 Å². The van der Waals surface area contributed by atoms with Crippen LogP contribution in [-0.4, -0.2) is 14.8 Å². The van der Waals surface area contributed by atoms with Gasteiger partial charge >= 0.3 is 6.18 Å². The number of hydrogen-bond acceptors (Lipinski definition) is 2. The quantitative estimate of drug-likeness (QED) is 0.741. The van der Waals surface area contributed by atoms with Gasteiger partial charge in [-0.15, -0.1) is 0 Å². The van der Waals surface area contributed by atoms with Gasteiger partial charge in [-0.2, -0.15) is 18.3 Å². The Bertz CT molecular complexity index is 672. The molecular formula is C13H12Cl2F3N3. The Hall–Kier alpha value is -1.27. The number of rotatable bonds is 1. The summed E-state index contributed by atoms with van der Waals surface area (Å²) < 4.78 is 39.8. The fourth-order valence-electron chi connectivity index (χ4n) is 1.78. The Balaban J connectivity index is 2.69. The summed E-state index contributed by atoms with van der Waals surface area (Å²) in [5.74, 6) is 0.112. The molecule has 114 valence electrons.